The maximum absolute atomic E-state index is 12.2. The molecule has 2 N–H and O–H groups in total. The molecule has 0 aliphatic carbocycles. The number of amides is 2. The number of likely N-dealkylation sites (tertiary alicyclic amines) is 1. The summed E-state index contributed by atoms with van der Waals surface area (Å²) in [5, 5.41) is 11.7. The Morgan fingerprint density at radius 2 is 1.87 bits per heavy atom. The van der Waals surface area contributed by atoms with Gasteiger partial charge in [-0.15, -0.1) is 0 Å². The summed E-state index contributed by atoms with van der Waals surface area (Å²) in [5.41, 5.74) is 0.751. The molecular formula is C17H22N2O4. The van der Waals surface area contributed by atoms with Crippen molar-refractivity contribution in [3.8, 4) is 0 Å². The van der Waals surface area contributed by atoms with Crippen LogP contribution in [0.5, 0.6) is 0 Å². The molecule has 2 rings (SSSR count). The molecule has 0 radical (unpaired) electrons. The van der Waals surface area contributed by atoms with Gasteiger partial charge in [0.15, 0.2) is 0 Å². The average molecular weight is 318 g/mol. The summed E-state index contributed by atoms with van der Waals surface area (Å²) in [5.74, 6) is -1.46. The van der Waals surface area contributed by atoms with E-state index >= 15 is 0 Å². The highest BCUT2D eigenvalue weighted by Crippen LogP contribution is 2.25. The number of benzene rings is 1. The Labute approximate surface area is 135 Å². The van der Waals surface area contributed by atoms with Gasteiger partial charge in [0.2, 0.25) is 11.8 Å². The van der Waals surface area contributed by atoms with E-state index in [2.05, 4.69) is 5.32 Å². The minimum Gasteiger partial charge on any atom is -0.478 e. The van der Waals surface area contributed by atoms with Gasteiger partial charge < -0.3 is 15.3 Å². The molecule has 2 amide bonds. The van der Waals surface area contributed by atoms with Crippen LogP contribution in [0.15, 0.2) is 24.3 Å². The number of carbonyl (C=O) groups excluding carboxylic acids is 2. The van der Waals surface area contributed by atoms with E-state index in [1.807, 2.05) is 20.8 Å². The molecule has 1 saturated heterocycles. The van der Waals surface area contributed by atoms with Gasteiger partial charge in [0.25, 0.3) is 0 Å². The van der Waals surface area contributed by atoms with Crippen molar-refractivity contribution in [2.24, 2.45) is 5.92 Å². The fraction of sp³-hybridized carbons (Fsp3) is 0.471. The Morgan fingerprint density at radius 3 is 2.35 bits per heavy atom. The molecule has 1 aliphatic heterocycles. The van der Waals surface area contributed by atoms with Gasteiger partial charge in [-0.05, 0) is 38.5 Å². The Hall–Kier alpha value is -2.37. The number of hydrogen-bond donors (Lipinski definition) is 2. The number of nitrogens with one attached hydrogen (secondary N) is 1. The molecule has 1 aromatic carbocycles. The maximum atomic E-state index is 12.2. The third-order valence-corrected chi connectivity index (χ3v) is 3.97. The van der Waals surface area contributed by atoms with Crippen LogP contribution < -0.4 is 5.32 Å². The largest absolute Gasteiger partial charge is 0.478 e. The molecule has 1 aromatic rings. The Bertz CT molecular complexity index is 616. The van der Waals surface area contributed by atoms with Crippen molar-refractivity contribution in [2.75, 3.05) is 6.54 Å². The van der Waals surface area contributed by atoms with E-state index in [1.165, 1.54) is 12.1 Å². The lowest BCUT2D eigenvalue weighted by atomic mass is 10.1. The van der Waals surface area contributed by atoms with Gasteiger partial charge in [0.1, 0.15) is 0 Å². The molecule has 1 atom stereocenters. The highest BCUT2D eigenvalue weighted by atomic mass is 16.4. The molecular weight excluding hydrogens is 296 g/mol. The molecule has 0 saturated carbocycles. The number of carbonyl (C=O) groups is 3. The molecule has 1 aliphatic rings. The highest BCUT2D eigenvalue weighted by Gasteiger charge is 2.39. The molecule has 1 fully saturated rings. The summed E-state index contributed by atoms with van der Waals surface area (Å²) in [4.78, 5) is 36.8. The van der Waals surface area contributed by atoms with Crippen molar-refractivity contribution in [3.05, 3.63) is 35.4 Å². The van der Waals surface area contributed by atoms with Crippen LogP contribution in [0.4, 0.5) is 0 Å². The van der Waals surface area contributed by atoms with E-state index in [0.29, 0.717) is 13.1 Å². The predicted octanol–water partition coefficient (Wildman–Crippen LogP) is 1.65. The standard InChI is InChI=1S/C17H22N2O4/c1-17(2,3)19-10-13(8-14(19)20)15(21)18-9-11-4-6-12(7-5-11)16(22)23/h4-7,13H,8-10H2,1-3H3,(H,18,21)(H,22,23). The van der Waals surface area contributed by atoms with Gasteiger partial charge in [-0.25, -0.2) is 4.79 Å². The fourth-order valence-electron chi connectivity index (χ4n) is 2.63. The number of hydrogen-bond acceptors (Lipinski definition) is 3. The van der Waals surface area contributed by atoms with Gasteiger partial charge in [-0.3, -0.25) is 9.59 Å². The molecule has 23 heavy (non-hydrogen) atoms. The number of carboxylic acid groups (broad SMARTS) is 1. The normalized spacial score (nSPS) is 18.1. The number of nitrogens with zero attached hydrogens (tertiary/aromatic N) is 1. The zero-order chi connectivity index (χ0) is 17.2. The van der Waals surface area contributed by atoms with E-state index in [4.69, 9.17) is 5.11 Å². The van der Waals surface area contributed by atoms with Crippen LogP contribution in [0.1, 0.15) is 43.1 Å². The van der Waals surface area contributed by atoms with Crippen LogP contribution >= 0.6 is 0 Å². The van der Waals surface area contributed by atoms with E-state index < -0.39 is 5.97 Å². The smallest absolute Gasteiger partial charge is 0.335 e. The first-order valence-electron chi connectivity index (χ1n) is 7.59. The summed E-state index contributed by atoms with van der Waals surface area (Å²) >= 11 is 0. The molecule has 0 bridgehead atoms. The molecule has 6 nitrogen and oxygen atoms in total. The minimum absolute atomic E-state index is 0.00320. The predicted molar refractivity (Wildman–Crippen MR) is 84.8 cm³/mol. The maximum Gasteiger partial charge on any atom is 0.335 e. The number of carboxylic acids is 1. The van der Waals surface area contributed by atoms with Crippen LogP contribution in [-0.2, 0) is 16.1 Å². The van der Waals surface area contributed by atoms with Crippen molar-refractivity contribution in [1.82, 2.24) is 10.2 Å². The second-order valence-electron chi connectivity index (χ2n) is 6.80. The lowest BCUT2D eigenvalue weighted by molar-refractivity contribution is -0.132. The van der Waals surface area contributed by atoms with Crippen molar-refractivity contribution >= 4 is 17.8 Å². The first-order valence-corrected chi connectivity index (χ1v) is 7.59. The first-order chi connectivity index (χ1) is 10.7. The third kappa shape index (κ3) is 4.09. The topological polar surface area (TPSA) is 86.7 Å². The molecule has 1 heterocycles. The summed E-state index contributed by atoms with van der Waals surface area (Å²) in [7, 11) is 0. The van der Waals surface area contributed by atoms with Gasteiger partial charge in [-0.2, -0.15) is 0 Å². The summed E-state index contributed by atoms with van der Waals surface area (Å²) in [6.07, 6.45) is 0.237. The molecule has 0 aromatic heterocycles. The van der Waals surface area contributed by atoms with Gasteiger partial charge in [0, 0.05) is 25.0 Å². The summed E-state index contributed by atoms with van der Waals surface area (Å²) in [6, 6.07) is 6.35. The monoisotopic (exact) mass is 318 g/mol. The van der Waals surface area contributed by atoms with Crippen LogP contribution in [0.2, 0.25) is 0 Å². The zero-order valence-corrected chi connectivity index (χ0v) is 13.6. The lowest BCUT2D eigenvalue weighted by Crippen LogP contribution is -2.43. The average Bonchev–Trinajstić information content (AvgIpc) is 2.87. The van der Waals surface area contributed by atoms with E-state index in [-0.39, 0.29) is 35.3 Å². The SMILES string of the molecule is CC(C)(C)N1CC(C(=O)NCc2ccc(C(=O)O)cc2)CC1=O. The summed E-state index contributed by atoms with van der Waals surface area (Å²) < 4.78 is 0. The van der Waals surface area contributed by atoms with Crippen LogP contribution in [0.3, 0.4) is 0 Å². The highest BCUT2D eigenvalue weighted by molar-refractivity contribution is 5.89. The number of rotatable bonds is 4. The van der Waals surface area contributed by atoms with E-state index in [9.17, 15) is 14.4 Å². The van der Waals surface area contributed by atoms with E-state index in [0.717, 1.165) is 5.56 Å². The molecule has 1 unspecified atom stereocenters. The quantitative estimate of drug-likeness (QED) is 0.884. The second kappa shape index (κ2) is 6.40. The fourth-order valence-corrected chi connectivity index (χ4v) is 2.63. The number of aromatic carboxylic acids is 1. The van der Waals surface area contributed by atoms with Gasteiger partial charge in [0.05, 0.1) is 11.5 Å². The van der Waals surface area contributed by atoms with Gasteiger partial charge in [-0.1, -0.05) is 12.1 Å². The second-order valence-corrected chi connectivity index (χ2v) is 6.80. The minimum atomic E-state index is -0.979. The Morgan fingerprint density at radius 1 is 1.26 bits per heavy atom. The Balaban J connectivity index is 1.90. The van der Waals surface area contributed by atoms with Crippen LogP contribution in [-0.4, -0.2) is 39.9 Å². The molecule has 124 valence electrons. The van der Waals surface area contributed by atoms with Gasteiger partial charge >= 0.3 is 5.97 Å². The van der Waals surface area contributed by atoms with E-state index in [1.54, 1.807) is 17.0 Å². The lowest BCUT2D eigenvalue weighted by Gasteiger charge is -2.31. The van der Waals surface area contributed by atoms with Crippen molar-refractivity contribution < 1.29 is 19.5 Å². The van der Waals surface area contributed by atoms with Crippen molar-refractivity contribution in [3.63, 3.8) is 0 Å². The Kier molecular flexibility index (Phi) is 4.73. The first kappa shape index (κ1) is 17.0. The molecule has 0 spiro atoms. The zero-order valence-electron chi connectivity index (χ0n) is 13.6. The van der Waals surface area contributed by atoms with Crippen molar-refractivity contribution in [1.29, 1.82) is 0 Å². The molecule has 6 heteroatoms. The third-order valence-electron chi connectivity index (χ3n) is 3.97. The van der Waals surface area contributed by atoms with Crippen LogP contribution in [0, 0.1) is 5.92 Å². The summed E-state index contributed by atoms with van der Waals surface area (Å²) in [6.45, 7) is 6.62. The van der Waals surface area contributed by atoms with Crippen molar-refractivity contribution in [2.45, 2.75) is 39.3 Å². The van der Waals surface area contributed by atoms with Crippen LogP contribution in [0.25, 0.3) is 0 Å².